The Balaban J connectivity index is 1.20. The third-order valence-electron chi connectivity index (χ3n) is 13.3. The predicted molar refractivity (Wildman–Crippen MR) is 255 cm³/mol. The van der Waals surface area contributed by atoms with Gasteiger partial charge in [0.05, 0.1) is 16.7 Å². The zero-order valence-electron chi connectivity index (χ0n) is 33.0. The highest BCUT2D eigenvalue weighted by atomic mass is 16.3. The molecule has 0 saturated heterocycles. The fraction of sp³-hybridized carbons (Fsp3) is 0. The Morgan fingerprint density at radius 3 is 1.79 bits per heavy atom. The molecule has 0 atom stereocenters. The van der Waals surface area contributed by atoms with Crippen molar-refractivity contribution in [2.45, 2.75) is 0 Å². The van der Waals surface area contributed by atoms with Gasteiger partial charge in [0.2, 0.25) is 0 Å². The van der Waals surface area contributed by atoms with Crippen molar-refractivity contribution in [3.8, 4) is 39.3 Å². The van der Waals surface area contributed by atoms with Gasteiger partial charge in [-0.15, -0.1) is 0 Å². The molecule has 4 nitrogen and oxygen atoms in total. The molecule has 0 N–H and O–H groups in total. The number of nitrogens with zero attached hydrogens (tertiary/aromatic N) is 3. The predicted octanol–water partition coefficient (Wildman–Crippen LogP) is 13.4. The molecule has 2 aliphatic heterocycles. The maximum atomic E-state index is 7.11. The summed E-state index contributed by atoms with van der Waals surface area (Å²) in [6.07, 6.45) is 0. The standard InChI is InChI=1S/C56H34BN3O/c1-5-18-35(19-6-1)51-44-33-48-45(34-50(44)61-56(51)36-20-7-2-8-21-36)57-53-43(41-29-17-28-40-39-26-13-16-31-47(39)60(57)54(40)41)32-49(52-42-27-14-15-30-46(42)59(48)55(52)53)58(37-22-9-3-10-23-37)38-24-11-4-12-25-38/h1-34H. The van der Waals surface area contributed by atoms with Crippen molar-refractivity contribution in [1.29, 1.82) is 0 Å². The minimum Gasteiger partial charge on any atom is -0.455 e. The van der Waals surface area contributed by atoms with Gasteiger partial charge in [-0.2, -0.15) is 0 Å². The van der Waals surface area contributed by atoms with Crippen LogP contribution in [0, 0.1) is 0 Å². The van der Waals surface area contributed by atoms with E-state index in [-0.39, 0.29) is 6.85 Å². The fourth-order valence-corrected chi connectivity index (χ4v) is 10.9. The summed E-state index contributed by atoms with van der Waals surface area (Å²) in [5.41, 5.74) is 18.7. The smallest absolute Gasteiger partial charge is 0.333 e. The highest BCUT2D eigenvalue weighted by Gasteiger charge is 2.43. The summed E-state index contributed by atoms with van der Waals surface area (Å²) < 4.78 is 12.3. The molecule has 0 unspecified atom stereocenters. The molecule has 0 spiro atoms. The van der Waals surface area contributed by atoms with Gasteiger partial charge in [0.15, 0.2) is 0 Å². The zero-order valence-corrected chi connectivity index (χ0v) is 33.0. The molecule has 0 bridgehead atoms. The molecule has 14 rings (SSSR count). The van der Waals surface area contributed by atoms with Gasteiger partial charge in [-0.25, -0.2) is 0 Å². The molecule has 9 aromatic carbocycles. The molecule has 5 heterocycles. The zero-order chi connectivity index (χ0) is 39.8. The maximum absolute atomic E-state index is 7.11. The first kappa shape index (κ1) is 32.9. The number of para-hydroxylation sites is 5. The Morgan fingerprint density at radius 1 is 0.459 bits per heavy atom. The molecule has 3 aromatic heterocycles. The van der Waals surface area contributed by atoms with Gasteiger partial charge in [0.25, 0.3) is 0 Å². The number of benzene rings is 9. The fourth-order valence-electron chi connectivity index (χ4n) is 10.9. The summed E-state index contributed by atoms with van der Waals surface area (Å²) >= 11 is 0. The van der Waals surface area contributed by atoms with E-state index < -0.39 is 0 Å². The summed E-state index contributed by atoms with van der Waals surface area (Å²) in [4.78, 5) is 2.46. The first-order valence-electron chi connectivity index (χ1n) is 21.1. The van der Waals surface area contributed by atoms with Crippen molar-refractivity contribution < 1.29 is 4.42 Å². The highest BCUT2D eigenvalue weighted by Crippen LogP contribution is 2.50. The number of anilines is 3. The van der Waals surface area contributed by atoms with Crippen molar-refractivity contribution in [2.24, 2.45) is 0 Å². The van der Waals surface area contributed by atoms with Crippen molar-refractivity contribution in [2.75, 3.05) is 4.90 Å². The molecule has 0 radical (unpaired) electrons. The van der Waals surface area contributed by atoms with Crippen LogP contribution in [0.4, 0.5) is 17.1 Å². The number of hydrogen-bond acceptors (Lipinski definition) is 2. The molecule has 2 aliphatic rings. The lowest BCUT2D eigenvalue weighted by Gasteiger charge is -2.35. The average molecular weight is 776 g/mol. The third kappa shape index (κ3) is 4.39. The average Bonchev–Trinajstić information content (AvgIpc) is 3.99. The molecule has 0 saturated carbocycles. The number of fused-ring (bicyclic) bond motifs is 12. The van der Waals surface area contributed by atoms with Gasteiger partial charge < -0.3 is 18.4 Å². The second-order valence-electron chi connectivity index (χ2n) is 16.4. The highest BCUT2D eigenvalue weighted by molar-refractivity contribution is 6.90. The number of aromatic nitrogens is 2. The quantitative estimate of drug-likeness (QED) is 0.163. The van der Waals surface area contributed by atoms with Crippen molar-refractivity contribution in [3.05, 3.63) is 206 Å². The van der Waals surface area contributed by atoms with Gasteiger partial charge in [-0.05, 0) is 76.6 Å². The van der Waals surface area contributed by atoms with Crippen LogP contribution < -0.4 is 15.8 Å². The summed E-state index contributed by atoms with van der Waals surface area (Å²) in [6, 6.07) is 75.1. The first-order chi connectivity index (χ1) is 30.3. The Bertz CT molecular complexity index is 3710. The molecular formula is C56H34BN3O. The van der Waals surface area contributed by atoms with Crippen LogP contribution in [0.5, 0.6) is 0 Å². The van der Waals surface area contributed by atoms with Gasteiger partial charge >= 0.3 is 6.85 Å². The normalized spacial score (nSPS) is 12.6. The molecule has 282 valence electrons. The van der Waals surface area contributed by atoms with E-state index in [1.165, 1.54) is 71.4 Å². The summed E-state index contributed by atoms with van der Waals surface area (Å²) in [5.74, 6) is 0.885. The maximum Gasteiger partial charge on any atom is 0.333 e. The number of furan rings is 1. The minimum atomic E-state index is -0.118. The van der Waals surface area contributed by atoms with E-state index in [0.29, 0.717) is 0 Å². The molecule has 0 aliphatic carbocycles. The summed E-state index contributed by atoms with van der Waals surface area (Å²) in [7, 11) is 0. The monoisotopic (exact) mass is 775 g/mol. The summed E-state index contributed by atoms with van der Waals surface area (Å²) in [6.45, 7) is -0.118. The summed E-state index contributed by atoms with van der Waals surface area (Å²) in [5, 5.41) is 6.10. The van der Waals surface area contributed by atoms with Crippen LogP contribution in [0.3, 0.4) is 0 Å². The molecule has 0 fully saturated rings. The van der Waals surface area contributed by atoms with Crippen LogP contribution in [0.25, 0.3) is 93.8 Å². The van der Waals surface area contributed by atoms with Gasteiger partial charge in [0, 0.05) is 71.7 Å². The van der Waals surface area contributed by atoms with E-state index in [4.69, 9.17) is 4.42 Å². The lowest BCUT2D eigenvalue weighted by molar-refractivity contribution is 0.632. The Labute approximate surface area is 351 Å². The van der Waals surface area contributed by atoms with E-state index in [1.54, 1.807) is 0 Å². The van der Waals surface area contributed by atoms with Crippen LogP contribution in [-0.2, 0) is 0 Å². The van der Waals surface area contributed by atoms with Crippen molar-refractivity contribution in [3.63, 3.8) is 0 Å². The number of rotatable bonds is 5. The molecule has 5 heteroatoms. The van der Waals surface area contributed by atoms with Crippen LogP contribution in [-0.4, -0.2) is 15.9 Å². The van der Waals surface area contributed by atoms with E-state index in [1.807, 2.05) is 0 Å². The minimum absolute atomic E-state index is 0.118. The van der Waals surface area contributed by atoms with Crippen molar-refractivity contribution in [1.82, 2.24) is 9.05 Å². The SMILES string of the molecule is c1ccc(-c2oc3cc4c(cc3c2-c2ccccc2)-n2c3ccccc3c3c(N(c5ccccc5)c5ccccc5)cc5c(c32)B4n2c3ccccc3c3cccc-5c32)cc1. The first-order valence-corrected chi connectivity index (χ1v) is 21.1. The number of hydrogen-bond donors (Lipinski definition) is 0. The molecule has 0 amide bonds. The molecule has 12 aromatic rings. The van der Waals surface area contributed by atoms with Crippen LogP contribution in [0.2, 0.25) is 0 Å². The largest absolute Gasteiger partial charge is 0.455 e. The van der Waals surface area contributed by atoms with Crippen LogP contribution >= 0.6 is 0 Å². The van der Waals surface area contributed by atoms with E-state index in [2.05, 4.69) is 220 Å². The molecule has 61 heavy (non-hydrogen) atoms. The lowest BCUT2D eigenvalue weighted by Crippen LogP contribution is -2.55. The Kier molecular flexibility index (Phi) is 6.61. The topological polar surface area (TPSA) is 26.2 Å². The second-order valence-corrected chi connectivity index (χ2v) is 16.4. The van der Waals surface area contributed by atoms with E-state index in [9.17, 15) is 0 Å². The van der Waals surface area contributed by atoms with E-state index >= 15 is 0 Å². The molecular weight excluding hydrogens is 741 g/mol. The van der Waals surface area contributed by atoms with Crippen molar-refractivity contribution >= 4 is 89.4 Å². The second kappa shape index (κ2) is 12.3. The Hall–Kier alpha value is -8.02. The van der Waals surface area contributed by atoms with Crippen LogP contribution in [0.15, 0.2) is 211 Å². The third-order valence-corrected chi connectivity index (χ3v) is 13.3. The van der Waals surface area contributed by atoms with Gasteiger partial charge in [-0.3, -0.25) is 0 Å². The van der Waals surface area contributed by atoms with Gasteiger partial charge in [0.1, 0.15) is 11.3 Å². The Morgan fingerprint density at radius 2 is 1.07 bits per heavy atom. The van der Waals surface area contributed by atoms with E-state index in [0.717, 1.165) is 50.5 Å². The van der Waals surface area contributed by atoms with Gasteiger partial charge in [-0.1, -0.05) is 152 Å². The van der Waals surface area contributed by atoms with Crippen LogP contribution in [0.1, 0.15) is 0 Å². The lowest BCUT2D eigenvalue weighted by atomic mass is 9.45.